The third kappa shape index (κ3) is 3.48. The molecule has 1 aliphatic heterocycles. The molecule has 1 aromatic carbocycles. The summed E-state index contributed by atoms with van der Waals surface area (Å²) in [5.74, 6) is -1.10. The summed E-state index contributed by atoms with van der Waals surface area (Å²) in [6.45, 7) is 3.64. The first-order valence-corrected chi connectivity index (χ1v) is 9.03. The Labute approximate surface area is 160 Å². The molecule has 3 rings (SSSR count). The molecule has 0 fully saturated rings. The fraction of sp³-hybridized carbons (Fsp3) is 0.263. The predicted octanol–water partition coefficient (Wildman–Crippen LogP) is 3.69. The van der Waals surface area contributed by atoms with E-state index in [-0.39, 0.29) is 21.1 Å². The zero-order chi connectivity index (χ0) is 19.8. The molecule has 0 unspecified atom stereocenters. The molecule has 1 aromatic heterocycles. The van der Waals surface area contributed by atoms with Crippen molar-refractivity contribution < 1.29 is 19.2 Å². The number of nitro groups is 1. The third-order valence-electron chi connectivity index (χ3n) is 4.56. The van der Waals surface area contributed by atoms with Crippen molar-refractivity contribution in [3.05, 3.63) is 68.7 Å². The normalized spacial score (nSPS) is 16.3. The van der Waals surface area contributed by atoms with Gasteiger partial charge in [-0.15, -0.1) is 0 Å². The van der Waals surface area contributed by atoms with Crippen LogP contribution in [0.2, 0.25) is 0 Å². The Bertz CT molecular complexity index is 961. The number of fused-ring (bicyclic) bond motifs is 1. The Morgan fingerprint density at radius 2 is 1.96 bits per heavy atom. The van der Waals surface area contributed by atoms with Crippen LogP contribution in [0.5, 0.6) is 0 Å². The van der Waals surface area contributed by atoms with Crippen molar-refractivity contribution in [1.29, 1.82) is 0 Å². The van der Waals surface area contributed by atoms with Crippen LogP contribution in [0.3, 0.4) is 0 Å². The molecule has 0 amide bonds. The van der Waals surface area contributed by atoms with Gasteiger partial charge in [-0.3, -0.25) is 14.9 Å². The molecule has 0 bridgehead atoms. The topological polar surface area (TPSA) is 89.8 Å². The fourth-order valence-corrected chi connectivity index (χ4v) is 3.91. The van der Waals surface area contributed by atoms with Gasteiger partial charge in [-0.05, 0) is 17.7 Å². The minimum absolute atomic E-state index is 0.0906. The van der Waals surface area contributed by atoms with Gasteiger partial charge in [0.25, 0.3) is 0 Å². The van der Waals surface area contributed by atoms with Gasteiger partial charge >= 0.3 is 11.0 Å². The van der Waals surface area contributed by atoms with Gasteiger partial charge < -0.3 is 9.64 Å². The summed E-state index contributed by atoms with van der Waals surface area (Å²) >= 11 is 0.717. The zero-order valence-corrected chi connectivity index (χ0v) is 15.9. The maximum absolute atomic E-state index is 12.3. The number of anilines is 1. The van der Waals surface area contributed by atoms with Crippen LogP contribution in [0.15, 0.2) is 48.2 Å². The van der Waals surface area contributed by atoms with Gasteiger partial charge in [0.05, 0.1) is 4.92 Å². The van der Waals surface area contributed by atoms with Crippen LogP contribution in [-0.4, -0.2) is 30.3 Å². The first-order valence-electron chi connectivity index (χ1n) is 8.21. The number of ketones is 1. The number of hydrogen-bond donors (Lipinski definition) is 0. The highest BCUT2D eigenvalue weighted by molar-refractivity contribution is 7.17. The fourth-order valence-electron chi connectivity index (χ4n) is 3.20. The summed E-state index contributed by atoms with van der Waals surface area (Å²) in [5, 5.41) is 10.5. The van der Waals surface area contributed by atoms with Gasteiger partial charge in [-0.25, -0.2) is 4.79 Å². The first kappa shape index (κ1) is 18.8. The summed E-state index contributed by atoms with van der Waals surface area (Å²) in [4.78, 5) is 36.5. The van der Waals surface area contributed by atoms with Gasteiger partial charge in [-0.1, -0.05) is 43.4 Å². The number of carbonyl (C=O) groups excluding carboxylic acids is 2. The summed E-state index contributed by atoms with van der Waals surface area (Å²) in [7, 11) is 1.89. The molecule has 0 spiro atoms. The summed E-state index contributed by atoms with van der Waals surface area (Å²) in [5.41, 5.74) is 2.62. The van der Waals surface area contributed by atoms with E-state index in [0.717, 1.165) is 16.9 Å². The van der Waals surface area contributed by atoms with Crippen LogP contribution >= 0.6 is 11.3 Å². The summed E-state index contributed by atoms with van der Waals surface area (Å²) in [6, 6.07) is 10.5. The van der Waals surface area contributed by atoms with Crippen molar-refractivity contribution in [2.75, 3.05) is 18.6 Å². The molecule has 27 heavy (non-hydrogen) atoms. The number of likely N-dealkylation sites (N-methyl/N-ethyl adjacent to an activating group) is 1. The third-order valence-corrected chi connectivity index (χ3v) is 5.57. The van der Waals surface area contributed by atoms with E-state index in [1.807, 2.05) is 50.1 Å². The molecule has 0 radical (unpaired) electrons. The second kappa shape index (κ2) is 6.96. The Hall–Kier alpha value is -3.00. The number of nitrogens with zero attached hydrogens (tertiary/aromatic N) is 2. The van der Waals surface area contributed by atoms with Crippen molar-refractivity contribution in [2.24, 2.45) is 0 Å². The number of rotatable bonds is 5. The standard InChI is InChI=1S/C19H18N2O5S/c1-19(2)13-6-4-5-7-14(13)20(3)16(19)10-12(22)11-26-18(23)15-8-9-17(27-15)21(24)25/h4-10H,11H2,1-3H3. The van der Waals surface area contributed by atoms with E-state index in [1.54, 1.807) is 0 Å². The number of hydrogen-bond acceptors (Lipinski definition) is 7. The zero-order valence-electron chi connectivity index (χ0n) is 15.1. The molecule has 8 heteroatoms. The predicted molar refractivity (Wildman–Crippen MR) is 102 cm³/mol. The van der Waals surface area contributed by atoms with Gasteiger partial charge in [0, 0.05) is 36.0 Å². The highest BCUT2D eigenvalue weighted by Crippen LogP contribution is 2.46. The van der Waals surface area contributed by atoms with Crippen molar-refractivity contribution >= 4 is 33.8 Å². The van der Waals surface area contributed by atoms with E-state index < -0.39 is 17.5 Å². The first-order chi connectivity index (χ1) is 12.7. The molecular weight excluding hydrogens is 368 g/mol. The Morgan fingerprint density at radius 1 is 1.26 bits per heavy atom. The maximum atomic E-state index is 12.3. The summed E-state index contributed by atoms with van der Waals surface area (Å²) < 4.78 is 5.01. The number of thiophene rings is 1. The van der Waals surface area contributed by atoms with Gasteiger partial charge in [0.15, 0.2) is 12.4 Å². The quantitative estimate of drug-likeness (QED) is 0.337. The van der Waals surface area contributed by atoms with Crippen LogP contribution in [0, 0.1) is 10.1 Å². The maximum Gasteiger partial charge on any atom is 0.349 e. The van der Waals surface area contributed by atoms with E-state index >= 15 is 0 Å². The molecule has 2 heterocycles. The summed E-state index contributed by atoms with van der Waals surface area (Å²) in [6.07, 6.45) is 1.49. The molecule has 0 saturated heterocycles. The van der Waals surface area contributed by atoms with Crippen LogP contribution < -0.4 is 4.90 Å². The van der Waals surface area contributed by atoms with E-state index in [2.05, 4.69) is 0 Å². The molecule has 0 N–H and O–H groups in total. The second-order valence-electron chi connectivity index (χ2n) is 6.67. The highest BCUT2D eigenvalue weighted by atomic mass is 32.1. The van der Waals surface area contributed by atoms with Crippen LogP contribution in [0.4, 0.5) is 10.7 Å². The SMILES string of the molecule is CN1C(=CC(=O)COC(=O)c2ccc([N+](=O)[O-])s2)C(C)(C)c2ccccc21. The van der Waals surface area contributed by atoms with E-state index in [1.165, 1.54) is 18.2 Å². The average molecular weight is 386 g/mol. The smallest absolute Gasteiger partial charge is 0.349 e. The Kier molecular flexibility index (Phi) is 4.84. The lowest BCUT2D eigenvalue weighted by atomic mass is 9.83. The molecule has 2 aromatic rings. The molecule has 0 saturated carbocycles. The molecule has 7 nitrogen and oxygen atoms in total. The number of allylic oxidation sites excluding steroid dienone is 1. The van der Waals surface area contributed by atoms with Gasteiger partial charge in [0.1, 0.15) is 4.88 Å². The molecule has 140 valence electrons. The highest BCUT2D eigenvalue weighted by Gasteiger charge is 2.38. The lowest BCUT2D eigenvalue weighted by molar-refractivity contribution is -0.380. The Morgan fingerprint density at radius 3 is 2.59 bits per heavy atom. The van der Waals surface area contributed by atoms with Crippen molar-refractivity contribution in [3.63, 3.8) is 0 Å². The number of ether oxygens (including phenoxy) is 1. The minimum atomic E-state index is -0.748. The second-order valence-corrected chi connectivity index (χ2v) is 7.73. The molecule has 0 aliphatic carbocycles. The Balaban J connectivity index is 1.70. The number of esters is 1. The van der Waals surface area contributed by atoms with E-state index in [4.69, 9.17) is 4.74 Å². The van der Waals surface area contributed by atoms with Gasteiger partial charge in [-0.2, -0.15) is 0 Å². The van der Waals surface area contributed by atoms with Gasteiger partial charge in [0.2, 0.25) is 0 Å². The number of para-hydroxylation sites is 1. The van der Waals surface area contributed by atoms with Crippen molar-refractivity contribution in [2.45, 2.75) is 19.3 Å². The van der Waals surface area contributed by atoms with E-state index in [9.17, 15) is 19.7 Å². The minimum Gasteiger partial charge on any atom is -0.453 e. The van der Waals surface area contributed by atoms with Crippen molar-refractivity contribution in [1.82, 2.24) is 0 Å². The molecule has 1 aliphatic rings. The number of benzene rings is 1. The largest absolute Gasteiger partial charge is 0.453 e. The van der Waals surface area contributed by atoms with Crippen LogP contribution in [0.1, 0.15) is 29.1 Å². The monoisotopic (exact) mass is 386 g/mol. The molecular formula is C19H18N2O5S. The molecule has 0 atom stereocenters. The average Bonchev–Trinajstić information content (AvgIpc) is 3.19. The van der Waals surface area contributed by atoms with Crippen LogP contribution in [0.25, 0.3) is 0 Å². The lowest BCUT2D eigenvalue weighted by Gasteiger charge is -2.23. The van der Waals surface area contributed by atoms with Crippen LogP contribution in [-0.2, 0) is 14.9 Å². The lowest BCUT2D eigenvalue weighted by Crippen LogP contribution is -2.25. The number of carbonyl (C=O) groups is 2. The van der Waals surface area contributed by atoms with E-state index in [0.29, 0.717) is 11.3 Å². The van der Waals surface area contributed by atoms with Crippen molar-refractivity contribution in [3.8, 4) is 0 Å².